The molecule has 0 aliphatic heterocycles. The third-order valence-corrected chi connectivity index (χ3v) is 4.45. The maximum Gasteiger partial charge on any atom is 0.338 e. The molecule has 0 radical (unpaired) electrons. The van der Waals surface area contributed by atoms with Gasteiger partial charge in [0, 0.05) is 9.92 Å². The molecular formula is C13H10Cl2N2O2S. The molecule has 0 bridgehead atoms. The molecule has 0 saturated carbocycles. The van der Waals surface area contributed by atoms with E-state index in [0.717, 1.165) is 11.8 Å². The zero-order valence-electron chi connectivity index (χ0n) is 10.6. The Kier molecular flexibility index (Phi) is 4.52. The van der Waals surface area contributed by atoms with E-state index >= 15 is 0 Å². The van der Waals surface area contributed by atoms with E-state index in [4.69, 9.17) is 23.2 Å². The van der Waals surface area contributed by atoms with Crippen molar-refractivity contribution >= 4 is 40.9 Å². The van der Waals surface area contributed by atoms with Crippen LogP contribution in [-0.4, -0.2) is 21.3 Å². The van der Waals surface area contributed by atoms with Crippen molar-refractivity contribution in [3.63, 3.8) is 0 Å². The number of rotatable bonds is 3. The molecule has 1 N–H and O–H groups in total. The second kappa shape index (κ2) is 5.99. The summed E-state index contributed by atoms with van der Waals surface area (Å²) in [5.74, 6) is -1.04. The van der Waals surface area contributed by atoms with Crippen molar-refractivity contribution < 1.29 is 9.90 Å². The summed E-state index contributed by atoms with van der Waals surface area (Å²) in [5, 5.41) is 18.5. The first kappa shape index (κ1) is 15.1. The molecule has 0 amide bonds. The number of nitrogens with zero attached hydrogens (tertiary/aromatic N) is 2. The molecule has 0 aliphatic carbocycles. The average Bonchev–Trinajstić information content (AvgIpc) is 2.38. The number of aryl methyl sites for hydroxylation is 1. The highest BCUT2D eigenvalue weighted by Gasteiger charge is 2.19. The minimum atomic E-state index is -1.04. The third-order valence-electron chi connectivity index (χ3n) is 2.74. The molecule has 0 fully saturated rings. The lowest BCUT2D eigenvalue weighted by molar-refractivity contribution is 0.0690. The number of benzene rings is 1. The van der Waals surface area contributed by atoms with Gasteiger partial charge in [-0.25, -0.2) is 4.79 Å². The molecule has 2 rings (SSSR count). The highest BCUT2D eigenvalue weighted by Crippen LogP contribution is 2.36. The Hall–Kier alpha value is -1.30. The predicted octanol–water partition coefficient (Wildman–Crippen LogP) is 4.25. The van der Waals surface area contributed by atoms with Crippen LogP contribution in [0.25, 0.3) is 0 Å². The van der Waals surface area contributed by atoms with Gasteiger partial charge in [-0.1, -0.05) is 35.0 Å². The van der Waals surface area contributed by atoms with Crippen LogP contribution in [-0.2, 0) is 0 Å². The number of hydrogen-bond acceptors (Lipinski definition) is 4. The van der Waals surface area contributed by atoms with Crippen molar-refractivity contribution in [1.29, 1.82) is 0 Å². The van der Waals surface area contributed by atoms with Gasteiger partial charge in [0.25, 0.3) is 0 Å². The van der Waals surface area contributed by atoms with Gasteiger partial charge in [-0.15, -0.1) is 5.10 Å². The molecule has 0 unspecified atom stereocenters. The maximum atomic E-state index is 11.4. The van der Waals surface area contributed by atoms with Crippen LogP contribution >= 0.6 is 35.0 Å². The molecule has 0 spiro atoms. The highest BCUT2D eigenvalue weighted by molar-refractivity contribution is 7.99. The molecule has 0 saturated heterocycles. The average molecular weight is 329 g/mol. The molecule has 0 atom stereocenters. The molecule has 2 aromatic rings. The lowest BCUT2D eigenvalue weighted by Crippen LogP contribution is -2.08. The van der Waals surface area contributed by atoms with E-state index in [1.165, 1.54) is 0 Å². The van der Waals surface area contributed by atoms with Gasteiger partial charge in [0.15, 0.2) is 0 Å². The summed E-state index contributed by atoms with van der Waals surface area (Å²) in [6.07, 6.45) is 0. The number of hydrogen-bond donors (Lipinski definition) is 1. The minimum Gasteiger partial charge on any atom is -0.478 e. The van der Waals surface area contributed by atoms with E-state index < -0.39 is 5.97 Å². The first-order chi connectivity index (χ1) is 9.40. The fraction of sp³-hybridized carbons (Fsp3) is 0.154. The van der Waals surface area contributed by atoms with Gasteiger partial charge in [0.05, 0.1) is 16.3 Å². The number of halogens is 2. The summed E-state index contributed by atoms with van der Waals surface area (Å²) >= 11 is 13.1. The summed E-state index contributed by atoms with van der Waals surface area (Å²) in [6, 6.07) is 4.98. The van der Waals surface area contributed by atoms with Gasteiger partial charge in [-0.2, -0.15) is 5.10 Å². The lowest BCUT2D eigenvalue weighted by atomic mass is 10.1. The van der Waals surface area contributed by atoms with Gasteiger partial charge >= 0.3 is 5.97 Å². The Morgan fingerprint density at radius 2 is 1.95 bits per heavy atom. The number of aromatic carboxylic acids is 1. The SMILES string of the molecule is Cc1nnc(Sc2cc(Cl)ccc2Cl)c(C(=O)O)c1C. The fourth-order valence-electron chi connectivity index (χ4n) is 1.57. The first-order valence-corrected chi connectivity index (χ1v) is 7.17. The van der Waals surface area contributed by atoms with Gasteiger partial charge < -0.3 is 5.11 Å². The molecular weight excluding hydrogens is 319 g/mol. The molecule has 20 heavy (non-hydrogen) atoms. The summed E-state index contributed by atoms with van der Waals surface area (Å²) in [4.78, 5) is 12.0. The van der Waals surface area contributed by atoms with Crippen LogP contribution in [0.1, 0.15) is 21.6 Å². The zero-order chi connectivity index (χ0) is 14.9. The Bertz CT molecular complexity index is 692. The van der Waals surface area contributed by atoms with Crippen molar-refractivity contribution in [3.8, 4) is 0 Å². The Labute approximate surface area is 130 Å². The Morgan fingerprint density at radius 1 is 1.25 bits per heavy atom. The van der Waals surface area contributed by atoms with Gasteiger partial charge in [-0.3, -0.25) is 0 Å². The van der Waals surface area contributed by atoms with Crippen molar-refractivity contribution in [2.24, 2.45) is 0 Å². The van der Waals surface area contributed by atoms with Crippen LogP contribution in [0.5, 0.6) is 0 Å². The van der Waals surface area contributed by atoms with Gasteiger partial charge in [0.2, 0.25) is 0 Å². The highest BCUT2D eigenvalue weighted by atomic mass is 35.5. The van der Waals surface area contributed by atoms with E-state index in [0.29, 0.717) is 31.2 Å². The molecule has 1 aromatic heterocycles. The van der Waals surface area contributed by atoms with Crippen molar-refractivity contribution in [2.45, 2.75) is 23.8 Å². The first-order valence-electron chi connectivity index (χ1n) is 5.60. The summed E-state index contributed by atoms with van der Waals surface area (Å²) in [7, 11) is 0. The predicted molar refractivity (Wildman–Crippen MR) is 79.1 cm³/mol. The second-order valence-electron chi connectivity index (χ2n) is 4.07. The van der Waals surface area contributed by atoms with Crippen molar-refractivity contribution in [2.75, 3.05) is 0 Å². The topological polar surface area (TPSA) is 63.1 Å². The maximum absolute atomic E-state index is 11.4. The smallest absolute Gasteiger partial charge is 0.338 e. The van der Waals surface area contributed by atoms with E-state index in [2.05, 4.69) is 10.2 Å². The van der Waals surface area contributed by atoms with Crippen molar-refractivity contribution in [1.82, 2.24) is 10.2 Å². The van der Waals surface area contributed by atoms with Crippen LogP contribution in [0.4, 0.5) is 0 Å². The molecule has 7 heteroatoms. The standard InChI is InChI=1S/C13H10Cl2N2O2S/c1-6-7(2)16-17-12(11(6)13(18)19)20-10-5-8(14)3-4-9(10)15/h3-5H,1-2H3,(H,18,19). The lowest BCUT2D eigenvalue weighted by Gasteiger charge is -2.09. The number of aromatic nitrogens is 2. The molecule has 1 heterocycles. The summed E-state index contributed by atoms with van der Waals surface area (Å²) in [5.41, 5.74) is 1.32. The zero-order valence-corrected chi connectivity index (χ0v) is 13.0. The second-order valence-corrected chi connectivity index (χ2v) is 5.95. The van der Waals surface area contributed by atoms with E-state index in [9.17, 15) is 9.90 Å². The number of carboxylic acids is 1. The van der Waals surface area contributed by atoms with Crippen LogP contribution < -0.4 is 0 Å². The van der Waals surface area contributed by atoms with Gasteiger partial charge in [0.1, 0.15) is 5.03 Å². The van der Waals surface area contributed by atoms with Crippen LogP contribution in [0.15, 0.2) is 28.1 Å². The van der Waals surface area contributed by atoms with Crippen LogP contribution in [0, 0.1) is 13.8 Å². The van der Waals surface area contributed by atoms with Crippen LogP contribution in [0.2, 0.25) is 10.0 Å². The van der Waals surface area contributed by atoms with Gasteiger partial charge in [-0.05, 0) is 37.6 Å². The van der Waals surface area contributed by atoms with E-state index in [1.54, 1.807) is 32.0 Å². The summed E-state index contributed by atoms with van der Waals surface area (Å²) in [6.45, 7) is 3.42. The number of carboxylic acid groups (broad SMARTS) is 1. The fourth-order valence-corrected chi connectivity index (χ4v) is 3.02. The Balaban J connectivity index is 2.51. The molecule has 0 aliphatic rings. The Morgan fingerprint density at radius 3 is 2.60 bits per heavy atom. The molecule has 1 aromatic carbocycles. The van der Waals surface area contributed by atoms with Crippen molar-refractivity contribution in [3.05, 3.63) is 45.1 Å². The normalized spacial score (nSPS) is 10.6. The largest absolute Gasteiger partial charge is 0.478 e. The number of carbonyl (C=O) groups is 1. The van der Waals surface area contributed by atoms with E-state index in [-0.39, 0.29) is 5.56 Å². The molecule has 4 nitrogen and oxygen atoms in total. The van der Waals surface area contributed by atoms with Crippen LogP contribution in [0.3, 0.4) is 0 Å². The monoisotopic (exact) mass is 328 g/mol. The third kappa shape index (κ3) is 3.06. The van der Waals surface area contributed by atoms with E-state index in [1.807, 2.05) is 0 Å². The summed E-state index contributed by atoms with van der Waals surface area (Å²) < 4.78 is 0. The quantitative estimate of drug-likeness (QED) is 0.912. The molecule has 104 valence electrons. The minimum absolute atomic E-state index is 0.138.